The van der Waals surface area contributed by atoms with E-state index in [1.54, 1.807) is 12.1 Å². The highest BCUT2D eigenvalue weighted by molar-refractivity contribution is 7.91. The van der Waals surface area contributed by atoms with Crippen LogP contribution in [0.1, 0.15) is 18.1 Å². The molecule has 0 saturated carbocycles. The molecular formula is C25H24N2O4S. The average molecular weight is 449 g/mol. The molecule has 0 fully saturated rings. The Hall–Kier alpha value is -3.58. The zero-order chi connectivity index (χ0) is 22.6. The SMILES string of the molecule is CCOc1ccc(S(=O)(=O)c2nc(-c3cccc(C)c3)oc2NCc2ccccc2)cc1. The molecule has 0 aliphatic heterocycles. The molecule has 164 valence electrons. The fraction of sp³-hybridized carbons (Fsp3) is 0.160. The van der Waals surface area contributed by atoms with Gasteiger partial charge in [0.2, 0.25) is 26.6 Å². The zero-order valence-electron chi connectivity index (χ0n) is 17.9. The fourth-order valence-corrected chi connectivity index (χ4v) is 4.55. The summed E-state index contributed by atoms with van der Waals surface area (Å²) in [6.45, 7) is 4.73. The first-order valence-corrected chi connectivity index (χ1v) is 11.8. The summed E-state index contributed by atoms with van der Waals surface area (Å²) in [7, 11) is -3.93. The highest BCUT2D eigenvalue weighted by Gasteiger charge is 2.28. The van der Waals surface area contributed by atoms with Gasteiger partial charge in [0.15, 0.2) is 0 Å². The Balaban J connectivity index is 1.74. The fourth-order valence-electron chi connectivity index (χ4n) is 3.27. The van der Waals surface area contributed by atoms with Crippen molar-refractivity contribution in [2.45, 2.75) is 30.3 Å². The summed E-state index contributed by atoms with van der Waals surface area (Å²) in [5, 5.41) is 2.96. The molecule has 0 spiro atoms. The van der Waals surface area contributed by atoms with Crippen LogP contribution in [0.4, 0.5) is 5.88 Å². The molecule has 0 atom stereocenters. The smallest absolute Gasteiger partial charge is 0.234 e. The highest BCUT2D eigenvalue weighted by Crippen LogP contribution is 2.33. The predicted octanol–water partition coefficient (Wildman–Crippen LogP) is 5.49. The standard InChI is InChI=1S/C25H24N2O4S/c1-3-30-21-12-14-22(15-13-21)32(28,29)25-24(26-17-19-9-5-4-6-10-19)31-23(27-25)20-11-7-8-18(2)16-20/h4-16,26H,3,17H2,1-2H3. The van der Waals surface area contributed by atoms with E-state index < -0.39 is 9.84 Å². The third-order valence-electron chi connectivity index (χ3n) is 4.86. The number of ether oxygens (including phenoxy) is 1. The van der Waals surface area contributed by atoms with Crippen LogP contribution in [-0.4, -0.2) is 20.0 Å². The summed E-state index contributed by atoms with van der Waals surface area (Å²) < 4.78 is 38.2. The largest absolute Gasteiger partial charge is 0.494 e. The van der Waals surface area contributed by atoms with Crippen molar-refractivity contribution in [3.05, 3.63) is 90.0 Å². The summed E-state index contributed by atoms with van der Waals surface area (Å²) in [6.07, 6.45) is 0. The summed E-state index contributed by atoms with van der Waals surface area (Å²) >= 11 is 0. The van der Waals surface area contributed by atoms with E-state index in [9.17, 15) is 8.42 Å². The second-order valence-corrected chi connectivity index (χ2v) is 9.13. The van der Waals surface area contributed by atoms with Crippen LogP contribution >= 0.6 is 0 Å². The number of rotatable bonds is 8. The maximum atomic E-state index is 13.4. The summed E-state index contributed by atoms with van der Waals surface area (Å²) in [4.78, 5) is 4.51. The minimum atomic E-state index is -3.93. The van der Waals surface area contributed by atoms with Gasteiger partial charge in [-0.15, -0.1) is 0 Å². The molecule has 0 saturated heterocycles. The lowest BCUT2D eigenvalue weighted by atomic mass is 10.1. The van der Waals surface area contributed by atoms with Crippen molar-refractivity contribution in [1.29, 1.82) is 0 Å². The van der Waals surface area contributed by atoms with Gasteiger partial charge in [-0.3, -0.25) is 0 Å². The van der Waals surface area contributed by atoms with Crippen LogP contribution in [0.2, 0.25) is 0 Å². The molecule has 0 aliphatic carbocycles. The molecule has 3 aromatic carbocycles. The minimum Gasteiger partial charge on any atom is -0.494 e. The third-order valence-corrected chi connectivity index (χ3v) is 6.54. The van der Waals surface area contributed by atoms with Gasteiger partial charge in [0.25, 0.3) is 0 Å². The quantitative estimate of drug-likeness (QED) is 0.384. The van der Waals surface area contributed by atoms with Crippen LogP contribution in [0.25, 0.3) is 11.5 Å². The molecule has 0 aliphatic rings. The molecule has 4 rings (SSSR count). The number of nitrogens with one attached hydrogen (secondary N) is 1. The average Bonchev–Trinajstić information content (AvgIpc) is 3.24. The molecule has 6 nitrogen and oxygen atoms in total. The van der Waals surface area contributed by atoms with Crippen molar-refractivity contribution < 1.29 is 17.6 Å². The van der Waals surface area contributed by atoms with Gasteiger partial charge in [0, 0.05) is 12.1 Å². The molecule has 32 heavy (non-hydrogen) atoms. The van der Waals surface area contributed by atoms with Gasteiger partial charge in [-0.2, -0.15) is 4.98 Å². The number of hydrogen-bond donors (Lipinski definition) is 1. The molecule has 1 N–H and O–H groups in total. The van der Waals surface area contributed by atoms with E-state index in [0.29, 0.717) is 24.5 Å². The first kappa shape index (κ1) is 21.6. The third kappa shape index (κ3) is 4.68. The Labute approximate surface area is 187 Å². The lowest BCUT2D eigenvalue weighted by Crippen LogP contribution is -2.07. The number of sulfone groups is 1. The second kappa shape index (κ2) is 9.28. The molecule has 0 unspecified atom stereocenters. The first-order chi connectivity index (χ1) is 15.5. The first-order valence-electron chi connectivity index (χ1n) is 10.3. The van der Waals surface area contributed by atoms with Gasteiger partial charge in [-0.05, 0) is 55.8 Å². The van der Waals surface area contributed by atoms with Crippen molar-refractivity contribution in [2.24, 2.45) is 0 Å². The molecule has 0 amide bonds. The van der Waals surface area contributed by atoms with E-state index in [-0.39, 0.29) is 21.7 Å². The summed E-state index contributed by atoms with van der Waals surface area (Å²) in [5.41, 5.74) is 2.72. The second-order valence-electron chi connectivity index (χ2n) is 7.27. The normalized spacial score (nSPS) is 11.3. The van der Waals surface area contributed by atoms with Gasteiger partial charge >= 0.3 is 0 Å². The Morgan fingerprint density at radius 2 is 1.72 bits per heavy atom. The van der Waals surface area contributed by atoms with E-state index in [1.165, 1.54) is 12.1 Å². The lowest BCUT2D eigenvalue weighted by molar-refractivity contribution is 0.340. The number of anilines is 1. The van der Waals surface area contributed by atoms with Crippen LogP contribution in [0.3, 0.4) is 0 Å². The van der Waals surface area contributed by atoms with Crippen molar-refractivity contribution >= 4 is 15.7 Å². The maximum Gasteiger partial charge on any atom is 0.234 e. The predicted molar refractivity (Wildman–Crippen MR) is 124 cm³/mol. The summed E-state index contributed by atoms with van der Waals surface area (Å²) in [5.74, 6) is 0.961. The molecule has 0 radical (unpaired) electrons. The minimum absolute atomic E-state index is 0.110. The van der Waals surface area contributed by atoms with Crippen LogP contribution in [0.5, 0.6) is 5.75 Å². The van der Waals surface area contributed by atoms with E-state index in [2.05, 4.69) is 10.3 Å². The number of benzene rings is 3. The van der Waals surface area contributed by atoms with Gasteiger partial charge in [-0.1, -0.05) is 48.0 Å². The summed E-state index contributed by atoms with van der Waals surface area (Å²) in [6, 6.07) is 23.6. The van der Waals surface area contributed by atoms with Crippen LogP contribution < -0.4 is 10.1 Å². The monoisotopic (exact) mass is 448 g/mol. The van der Waals surface area contributed by atoms with Crippen molar-refractivity contribution in [3.8, 4) is 17.2 Å². The number of aryl methyl sites for hydroxylation is 1. The van der Waals surface area contributed by atoms with Crippen molar-refractivity contribution in [2.75, 3.05) is 11.9 Å². The van der Waals surface area contributed by atoms with Crippen LogP contribution in [-0.2, 0) is 16.4 Å². The molecule has 4 aromatic rings. The highest BCUT2D eigenvalue weighted by atomic mass is 32.2. The Bertz CT molecular complexity index is 1300. The Morgan fingerprint density at radius 1 is 0.969 bits per heavy atom. The van der Waals surface area contributed by atoms with Gasteiger partial charge in [-0.25, -0.2) is 8.42 Å². The molecule has 0 bridgehead atoms. The Morgan fingerprint density at radius 3 is 2.41 bits per heavy atom. The number of nitrogens with zero attached hydrogens (tertiary/aromatic N) is 1. The van der Waals surface area contributed by atoms with Gasteiger partial charge in [0.05, 0.1) is 11.5 Å². The van der Waals surface area contributed by atoms with E-state index in [4.69, 9.17) is 9.15 Å². The number of oxazole rings is 1. The number of aromatic nitrogens is 1. The van der Waals surface area contributed by atoms with Gasteiger partial charge < -0.3 is 14.5 Å². The molecular weight excluding hydrogens is 424 g/mol. The van der Waals surface area contributed by atoms with Crippen molar-refractivity contribution in [1.82, 2.24) is 4.98 Å². The van der Waals surface area contributed by atoms with Crippen LogP contribution in [0.15, 0.2) is 93.2 Å². The van der Waals surface area contributed by atoms with E-state index in [1.807, 2.05) is 68.4 Å². The lowest BCUT2D eigenvalue weighted by Gasteiger charge is -2.07. The maximum absolute atomic E-state index is 13.4. The molecule has 1 aromatic heterocycles. The van der Waals surface area contributed by atoms with Crippen LogP contribution in [0, 0.1) is 6.92 Å². The Kier molecular flexibility index (Phi) is 6.28. The topological polar surface area (TPSA) is 81.4 Å². The van der Waals surface area contributed by atoms with Gasteiger partial charge in [0.1, 0.15) is 5.75 Å². The van der Waals surface area contributed by atoms with Crippen molar-refractivity contribution in [3.63, 3.8) is 0 Å². The molecule has 1 heterocycles. The number of hydrogen-bond acceptors (Lipinski definition) is 6. The molecule has 7 heteroatoms. The van der Waals surface area contributed by atoms with E-state index in [0.717, 1.165) is 11.1 Å². The zero-order valence-corrected chi connectivity index (χ0v) is 18.7. The van der Waals surface area contributed by atoms with E-state index >= 15 is 0 Å².